The van der Waals surface area contributed by atoms with E-state index in [9.17, 15) is 9.59 Å². The molecule has 0 saturated carbocycles. The monoisotopic (exact) mass is 258 g/mol. The van der Waals surface area contributed by atoms with Crippen molar-refractivity contribution in [3.8, 4) is 0 Å². The maximum atomic E-state index is 12.0. The molecule has 0 radical (unpaired) electrons. The minimum absolute atomic E-state index is 0.0645. The van der Waals surface area contributed by atoms with Gasteiger partial charge in [-0.25, -0.2) is 0 Å². The van der Waals surface area contributed by atoms with Crippen LogP contribution in [0.5, 0.6) is 0 Å². The second-order valence-corrected chi connectivity index (χ2v) is 6.36. The number of rotatable bonds is 3. The highest BCUT2D eigenvalue weighted by Crippen LogP contribution is 2.47. The highest BCUT2D eigenvalue weighted by molar-refractivity contribution is 8.01. The van der Waals surface area contributed by atoms with E-state index in [0.29, 0.717) is 12.2 Å². The first-order valence-corrected chi connectivity index (χ1v) is 6.84. The van der Waals surface area contributed by atoms with E-state index in [2.05, 4.69) is 5.32 Å². The molecule has 2 aliphatic heterocycles. The van der Waals surface area contributed by atoms with Crippen molar-refractivity contribution in [2.45, 2.75) is 43.7 Å². The molecule has 96 valence electrons. The van der Waals surface area contributed by atoms with Crippen molar-refractivity contribution in [1.29, 1.82) is 0 Å². The van der Waals surface area contributed by atoms with E-state index >= 15 is 0 Å². The number of fused-ring (bicyclic) bond motifs is 1. The molecule has 2 N–H and O–H groups in total. The van der Waals surface area contributed by atoms with Gasteiger partial charge in [-0.1, -0.05) is 0 Å². The summed E-state index contributed by atoms with van der Waals surface area (Å²) in [7, 11) is 0. The molecule has 3 atom stereocenters. The Kier molecular flexibility index (Phi) is 3.36. The summed E-state index contributed by atoms with van der Waals surface area (Å²) in [4.78, 5) is 25.3. The lowest BCUT2D eigenvalue weighted by atomic mass is 10.2. The summed E-state index contributed by atoms with van der Waals surface area (Å²) >= 11 is 1.67. The molecule has 0 bridgehead atoms. The van der Waals surface area contributed by atoms with E-state index in [1.54, 1.807) is 23.6 Å². The van der Waals surface area contributed by atoms with Gasteiger partial charge in [0.2, 0.25) is 11.8 Å². The molecule has 5 nitrogen and oxygen atoms in total. The van der Waals surface area contributed by atoms with Gasteiger partial charge in [-0.05, 0) is 20.3 Å². The zero-order valence-electron chi connectivity index (χ0n) is 10.1. The number of thioether (sulfide) groups is 1. The highest BCUT2D eigenvalue weighted by Gasteiger charge is 2.52. The third-order valence-electron chi connectivity index (χ3n) is 3.32. The number of hydrogen-bond acceptors (Lipinski definition) is 4. The van der Waals surface area contributed by atoms with E-state index in [-0.39, 0.29) is 29.3 Å². The smallest absolute Gasteiger partial charge is 0.243 e. The molecule has 2 heterocycles. The summed E-state index contributed by atoms with van der Waals surface area (Å²) < 4.78 is 0. The molecular weight excluding hydrogens is 240 g/mol. The van der Waals surface area contributed by atoms with Crippen molar-refractivity contribution in [1.82, 2.24) is 10.2 Å². The minimum Gasteiger partial charge on any atom is -0.392 e. The lowest BCUT2D eigenvalue weighted by Crippen LogP contribution is -2.50. The first-order valence-electron chi connectivity index (χ1n) is 5.86. The number of aliphatic hydroxyl groups is 1. The second kappa shape index (κ2) is 4.49. The predicted octanol–water partition coefficient (Wildman–Crippen LogP) is -0.0626. The third kappa shape index (κ3) is 2.28. The molecule has 6 heteroatoms. The number of amides is 2. The number of carbonyl (C=O) groups is 2. The van der Waals surface area contributed by atoms with Crippen LogP contribution in [-0.2, 0) is 9.59 Å². The third-order valence-corrected chi connectivity index (χ3v) is 4.82. The van der Waals surface area contributed by atoms with Gasteiger partial charge < -0.3 is 15.3 Å². The van der Waals surface area contributed by atoms with E-state index in [1.807, 2.05) is 6.92 Å². The van der Waals surface area contributed by atoms with Crippen LogP contribution >= 0.6 is 11.8 Å². The van der Waals surface area contributed by atoms with Crippen LogP contribution < -0.4 is 5.32 Å². The average molecular weight is 258 g/mol. The van der Waals surface area contributed by atoms with Gasteiger partial charge in [0, 0.05) is 18.7 Å². The summed E-state index contributed by atoms with van der Waals surface area (Å²) in [6.45, 7) is 3.87. The Hall–Kier alpha value is -0.750. The van der Waals surface area contributed by atoms with E-state index < -0.39 is 6.10 Å². The summed E-state index contributed by atoms with van der Waals surface area (Å²) in [5, 5.41) is 11.8. The molecule has 0 spiro atoms. The first-order chi connectivity index (χ1) is 7.94. The highest BCUT2D eigenvalue weighted by atomic mass is 32.2. The number of hydrogen-bond donors (Lipinski definition) is 2. The molecule has 0 aromatic carbocycles. The van der Waals surface area contributed by atoms with Gasteiger partial charge in [-0.2, -0.15) is 0 Å². The Morgan fingerprint density at radius 2 is 2.47 bits per heavy atom. The largest absolute Gasteiger partial charge is 0.392 e. The Morgan fingerprint density at radius 1 is 1.76 bits per heavy atom. The number of carbonyl (C=O) groups excluding carboxylic acids is 2. The van der Waals surface area contributed by atoms with Crippen LogP contribution in [0.2, 0.25) is 0 Å². The number of aliphatic hydroxyl groups excluding tert-OH is 1. The average Bonchev–Trinajstić information content (AvgIpc) is 2.73. The van der Waals surface area contributed by atoms with Crippen LogP contribution in [-0.4, -0.2) is 51.1 Å². The number of nitrogens with one attached hydrogen (secondary N) is 1. The summed E-state index contributed by atoms with van der Waals surface area (Å²) in [6, 6.07) is -0.376. The Labute approximate surface area is 105 Å². The molecule has 2 unspecified atom stereocenters. The zero-order valence-corrected chi connectivity index (χ0v) is 10.9. The van der Waals surface area contributed by atoms with Gasteiger partial charge in [0.05, 0.1) is 11.0 Å². The maximum Gasteiger partial charge on any atom is 0.243 e. The van der Waals surface area contributed by atoms with Gasteiger partial charge >= 0.3 is 0 Å². The van der Waals surface area contributed by atoms with Crippen LogP contribution in [0.15, 0.2) is 0 Å². The van der Waals surface area contributed by atoms with E-state index in [4.69, 9.17) is 5.11 Å². The molecule has 0 aromatic rings. The second-order valence-electron chi connectivity index (χ2n) is 4.86. The summed E-state index contributed by atoms with van der Waals surface area (Å²) in [5.41, 5.74) is 0. The van der Waals surface area contributed by atoms with Gasteiger partial charge in [0.15, 0.2) is 0 Å². The molecule has 2 aliphatic rings. The standard InChI is InChI=1S/C11H18N2O3S/c1-7(14)5-12-10(16)8-6-17-11(2)4-3-9(15)13(8)11/h7-8,14H,3-6H2,1-2H3,(H,12,16)/t7-,8?,11?/m1/s1. The maximum absolute atomic E-state index is 12.0. The van der Waals surface area contributed by atoms with Crippen molar-refractivity contribution < 1.29 is 14.7 Å². The fraction of sp³-hybridized carbons (Fsp3) is 0.818. The molecule has 2 saturated heterocycles. The topological polar surface area (TPSA) is 69.6 Å². The van der Waals surface area contributed by atoms with Crippen LogP contribution in [0.3, 0.4) is 0 Å². The van der Waals surface area contributed by atoms with Gasteiger partial charge in [-0.15, -0.1) is 11.8 Å². The molecule has 0 aliphatic carbocycles. The molecule has 17 heavy (non-hydrogen) atoms. The van der Waals surface area contributed by atoms with Gasteiger partial charge in [0.25, 0.3) is 0 Å². The number of nitrogens with zero attached hydrogens (tertiary/aromatic N) is 1. The van der Waals surface area contributed by atoms with Crippen LogP contribution in [0.4, 0.5) is 0 Å². The van der Waals surface area contributed by atoms with Crippen molar-refractivity contribution in [2.24, 2.45) is 0 Å². The van der Waals surface area contributed by atoms with Crippen molar-refractivity contribution in [3.63, 3.8) is 0 Å². The van der Waals surface area contributed by atoms with Crippen molar-refractivity contribution in [3.05, 3.63) is 0 Å². The zero-order chi connectivity index (χ0) is 12.6. The Balaban J connectivity index is 2.03. The van der Waals surface area contributed by atoms with Crippen molar-refractivity contribution >= 4 is 23.6 Å². The van der Waals surface area contributed by atoms with Crippen LogP contribution in [0.25, 0.3) is 0 Å². The SMILES string of the molecule is C[C@@H](O)CNC(=O)C1CSC2(C)CCC(=O)N12. The Morgan fingerprint density at radius 3 is 3.12 bits per heavy atom. The normalized spacial score (nSPS) is 33.7. The lowest BCUT2D eigenvalue weighted by Gasteiger charge is -2.29. The molecule has 0 aromatic heterocycles. The fourth-order valence-corrected chi connectivity index (χ4v) is 3.81. The fourth-order valence-electron chi connectivity index (χ4n) is 2.38. The molecule has 2 rings (SSSR count). The summed E-state index contributed by atoms with van der Waals surface area (Å²) in [6.07, 6.45) is 0.786. The Bertz CT molecular complexity index is 348. The molecule has 2 fully saturated rings. The van der Waals surface area contributed by atoms with E-state index in [1.165, 1.54) is 0 Å². The minimum atomic E-state index is -0.561. The van der Waals surface area contributed by atoms with Crippen LogP contribution in [0.1, 0.15) is 26.7 Å². The van der Waals surface area contributed by atoms with Gasteiger partial charge in [-0.3, -0.25) is 9.59 Å². The first kappa shape index (κ1) is 12.7. The molecule has 2 amide bonds. The molecular formula is C11H18N2O3S. The van der Waals surface area contributed by atoms with E-state index in [0.717, 1.165) is 6.42 Å². The quantitative estimate of drug-likeness (QED) is 0.744. The lowest BCUT2D eigenvalue weighted by molar-refractivity contribution is -0.138. The van der Waals surface area contributed by atoms with Crippen molar-refractivity contribution in [2.75, 3.05) is 12.3 Å². The summed E-state index contributed by atoms with van der Waals surface area (Å²) in [5.74, 6) is 0.556. The van der Waals surface area contributed by atoms with Crippen LogP contribution in [0, 0.1) is 0 Å². The van der Waals surface area contributed by atoms with Gasteiger partial charge in [0.1, 0.15) is 6.04 Å². The predicted molar refractivity (Wildman–Crippen MR) is 65.4 cm³/mol.